The third-order valence-electron chi connectivity index (χ3n) is 4.23. The molecule has 1 N–H and O–H groups in total. The molecular formula is C15H25N3O2S. The Morgan fingerprint density at radius 1 is 1.38 bits per heavy atom. The first-order valence-corrected chi connectivity index (χ1v) is 8.92. The fourth-order valence-corrected chi connectivity index (χ4v) is 3.91. The molecule has 1 aromatic rings. The van der Waals surface area contributed by atoms with E-state index in [0.29, 0.717) is 6.04 Å². The van der Waals surface area contributed by atoms with E-state index < -0.39 is 5.97 Å². The van der Waals surface area contributed by atoms with Gasteiger partial charge in [-0.1, -0.05) is 44.9 Å². The first kappa shape index (κ1) is 16.3. The van der Waals surface area contributed by atoms with E-state index in [-0.39, 0.29) is 5.75 Å². The number of aromatic nitrogens is 3. The van der Waals surface area contributed by atoms with E-state index in [4.69, 9.17) is 5.11 Å². The smallest absolute Gasteiger partial charge is 0.313 e. The average Bonchev–Trinajstić information content (AvgIpc) is 2.88. The van der Waals surface area contributed by atoms with Crippen LogP contribution in [-0.2, 0) is 11.2 Å². The fourth-order valence-electron chi connectivity index (χ4n) is 3.16. The summed E-state index contributed by atoms with van der Waals surface area (Å²) < 4.78 is 2.24. The van der Waals surface area contributed by atoms with Crippen molar-refractivity contribution in [3.8, 4) is 0 Å². The zero-order valence-electron chi connectivity index (χ0n) is 12.9. The predicted octanol–water partition coefficient (Wildman–Crippen LogP) is 3.55. The third kappa shape index (κ3) is 4.22. The van der Waals surface area contributed by atoms with Gasteiger partial charge in [0.2, 0.25) is 0 Å². The first-order chi connectivity index (χ1) is 10.2. The molecule has 0 radical (unpaired) electrons. The number of carbonyl (C=O) groups is 1. The maximum absolute atomic E-state index is 10.8. The zero-order valence-corrected chi connectivity index (χ0v) is 13.7. The van der Waals surface area contributed by atoms with E-state index in [1.807, 2.05) is 0 Å². The molecule has 6 heteroatoms. The molecule has 21 heavy (non-hydrogen) atoms. The van der Waals surface area contributed by atoms with Crippen molar-refractivity contribution >= 4 is 17.7 Å². The fraction of sp³-hybridized carbons (Fsp3) is 0.800. The second kappa shape index (κ2) is 7.82. The molecule has 0 spiro atoms. The van der Waals surface area contributed by atoms with Crippen LogP contribution in [-0.4, -0.2) is 31.6 Å². The van der Waals surface area contributed by atoms with Crippen LogP contribution >= 0.6 is 11.8 Å². The summed E-state index contributed by atoms with van der Waals surface area (Å²) in [4.78, 5) is 10.8. The molecule has 1 aliphatic rings. The molecule has 118 valence electrons. The Balaban J connectivity index is 2.20. The summed E-state index contributed by atoms with van der Waals surface area (Å²) in [5, 5.41) is 18.2. The van der Waals surface area contributed by atoms with Crippen LogP contribution in [0.25, 0.3) is 0 Å². The maximum Gasteiger partial charge on any atom is 0.313 e. The van der Waals surface area contributed by atoms with Crippen LogP contribution in [0, 0.1) is 5.92 Å². The summed E-state index contributed by atoms with van der Waals surface area (Å²) >= 11 is 1.29. The molecule has 2 unspecified atom stereocenters. The number of rotatable bonds is 7. The minimum Gasteiger partial charge on any atom is -0.481 e. The van der Waals surface area contributed by atoms with Gasteiger partial charge >= 0.3 is 5.97 Å². The van der Waals surface area contributed by atoms with Gasteiger partial charge in [-0.05, 0) is 25.2 Å². The van der Waals surface area contributed by atoms with E-state index in [0.717, 1.165) is 36.2 Å². The van der Waals surface area contributed by atoms with Gasteiger partial charge in [0.15, 0.2) is 5.16 Å². The minimum atomic E-state index is -0.804. The highest BCUT2D eigenvalue weighted by Crippen LogP contribution is 2.37. The summed E-state index contributed by atoms with van der Waals surface area (Å²) in [6, 6.07) is 0.441. The summed E-state index contributed by atoms with van der Waals surface area (Å²) in [5.41, 5.74) is 0. The lowest BCUT2D eigenvalue weighted by Crippen LogP contribution is -2.21. The molecule has 0 aromatic carbocycles. The minimum absolute atomic E-state index is 0.0498. The summed E-state index contributed by atoms with van der Waals surface area (Å²) in [6.07, 6.45) is 8.06. The van der Waals surface area contributed by atoms with Crippen LogP contribution in [0.4, 0.5) is 0 Å². The Morgan fingerprint density at radius 3 is 2.86 bits per heavy atom. The summed E-state index contributed by atoms with van der Waals surface area (Å²) in [5.74, 6) is 1.04. The van der Waals surface area contributed by atoms with Gasteiger partial charge in [0.25, 0.3) is 0 Å². The largest absolute Gasteiger partial charge is 0.481 e. The Morgan fingerprint density at radius 2 is 2.19 bits per heavy atom. The third-order valence-corrected chi connectivity index (χ3v) is 5.16. The van der Waals surface area contributed by atoms with Crippen molar-refractivity contribution in [1.29, 1.82) is 0 Å². The number of aliphatic carboxylic acids is 1. The normalized spacial score (nSPS) is 22.4. The van der Waals surface area contributed by atoms with Crippen LogP contribution in [0.1, 0.15) is 64.2 Å². The Labute approximate surface area is 130 Å². The predicted molar refractivity (Wildman–Crippen MR) is 83.7 cm³/mol. The Kier molecular flexibility index (Phi) is 6.08. The van der Waals surface area contributed by atoms with Crippen LogP contribution < -0.4 is 0 Å². The summed E-state index contributed by atoms with van der Waals surface area (Å²) in [6.45, 7) is 4.39. The van der Waals surface area contributed by atoms with Gasteiger partial charge in [0.05, 0.1) is 5.75 Å². The lowest BCUT2D eigenvalue weighted by molar-refractivity contribution is -0.133. The topological polar surface area (TPSA) is 68.0 Å². The quantitative estimate of drug-likeness (QED) is 0.780. The van der Waals surface area contributed by atoms with Crippen LogP contribution in [0.3, 0.4) is 0 Å². The molecule has 1 aromatic heterocycles. The number of hydrogen-bond acceptors (Lipinski definition) is 4. The van der Waals surface area contributed by atoms with Gasteiger partial charge in [-0.25, -0.2) is 0 Å². The van der Waals surface area contributed by atoms with Gasteiger partial charge in [0.1, 0.15) is 5.82 Å². The second-order valence-corrected chi connectivity index (χ2v) is 6.74. The molecule has 2 rings (SSSR count). The van der Waals surface area contributed by atoms with Gasteiger partial charge in [-0.2, -0.15) is 0 Å². The standard InChI is InChI=1S/C15H25N3O2S/c1-3-6-13-16-17-15(21-10-14(19)20)18(13)12-8-5-7-11(4-2)9-12/h11-12H,3-10H2,1-2H3,(H,19,20). The number of hydrogen-bond donors (Lipinski definition) is 1. The molecule has 1 heterocycles. The number of aryl methyl sites for hydroxylation is 1. The Bertz CT molecular complexity index is 475. The van der Waals surface area contributed by atoms with Crippen molar-refractivity contribution in [2.75, 3.05) is 5.75 Å². The molecule has 0 bridgehead atoms. The van der Waals surface area contributed by atoms with Gasteiger partial charge in [-0.3, -0.25) is 4.79 Å². The van der Waals surface area contributed by atoms with Crippen molar-refractivity contribution in [1.82, 2.24) is 14.8 Å². The number of nitrogens with zero attached hydrogens (tertiary/aromatic N) is 3. The van der Waals surface area contributed by atoms with Crippen LogP contribution in [0.5, 0.6) is 0 Å². The monoisotopic (exact) mass is 311 g/mol. The van der Waals surface area contributed by atoms with E-state index in [9.17, 15) is 4.79 Å². The molecule has 0 aliphatic heterocycles. The molecule has 0 saturated heterocycles. The van der Waals surface area contributed by atoms with Crippen molar-refractivity contribution in [2.45, 2.75) is 70.0 Å². The Hall–Kier alpha value is -1.04. The molecule has 2 atom stereocenters. The molecule has 1 aliphatic carbocycles. The molecule has 1 saturated carbocycles. The van der Waals surface area contributed by atoms with E-state index in [1.54, 1.807) is 0 Å². The van der Waals surface area contributed by atoms with E-state index >= 15 is 0 Å². The SMILES string of the molecule is CCCc1nnc(SCC(=O)O)n1C1CCCC(CC)C1. The average molecular weight is 311 g/mol. The molecule has 5 nitrogen and oxygen atoms in total. The highest BCUT2D eigenvalue weighted by Gasteiger charge is 2.26. The van der Waals surface area contributed by atoms with Gasteiger partial charge < -0.3 is 9.67 Å². The maximum atomic E-state index is 10.8. The van der Waals surface area contributed by atoms with Crippen molar-refractivity contribution in [3.05, 3.63) is 5.82 Å². The lowest BCUT2D eigenvalue weighted by Gasteiger charge is -2.30. The first-order valence-electron chi connectivity index (χ1n) is 7.94. The highest BCUT2D eigenvalue weighted by molar-refractivity contribution is 7.99. The number of carboxylic acids is 1. The number of thioether (sulfide) groups is 1. The zero-order chi connectivity index (χ0) is 15.2. The number of carboxylic acid groups (broad SMARTS) is 1. The van der Waals surface area contributed by atoms with Crippen LogP contribution in [0.2, 0.25) is 0 Å². The van der Waals surface area contributed by atoms with E-state index in [2.05, 4.69) is 28.6 Å². The molecule has 1 fully saturated rings. The van der Waals surface area contributed by atoms with Crippen LogP contribution in [0.15, 0.2) is 5.16 Å². The molecular weight excluding hydrogens is 286 g/mol. The van der Waals surface area contributed by atoms with Gasteiger partial charge in [0, 0.05) is 12.5 Å². The van der Waals surface area contributed by atoms with Crippen molar-refractivity contribution in [3.63, 3.8) is 0 Å². The summed E-state index contributed by atoms with van der Waals surface area (Å²) in [7, 11) is 0. The van der Waals surface area contributed by atoms with Crippen molar-refractivity contribution < 1.29 is 9.90 Å². The van der Waals surface area contributed by atoms with E-state index in [1.165, 1.54) is 37.4 Å². The van der Waals surface area contributed by atoms with Gasteiger partial charge in [-0.15, -0.1) is 10.2 Å². The highest BCUT2D eigenvalue weighted by atomic mass is 32.2. The second-order valence-electron chi connectivity index (χ2n) is 5.80. The van der Waals surface area contributed by atoms with Crippen molar-refractivity contribution in [2.24, 2.45) is 5.92 Å². The lowest BCUT2D eigenvalue weighted by atomic mass is 9.84. The molecule has 0 amide bonds.